The average molecular weight is 330 g/mol. The Labute approximate surface area is 132 Å². The number of aromatic amines is 1. The fraction of sp³-hybridized carbons (Fsp3) is 0.643. The topological polar surface area (TPSA) is 73.3 Å². The van der Waals surface area contributed by atoms with E-state index in [1.807, 2.05) is 0 Å². The van der Waals surface area contributed by atoms with E-state index in [-0.39, 0.29) is 23.3 Å². The second kappa shape index (κ2) is 6.29. The Hall–Kier alpha value is -1.54. The number of ether oxygens (including phenoxy) is 2. The molecule has 0 aromatic carbocycles. The monoisotopic (exact) mass is 330 g/mol. The van der Waals surface area contributed by atoms with Crippen molar-refractivity contribution in [2.75, 3.05) is 6.61 Å². The van der Waals surface area contributed by atoms with Gasteiger partial charge in [0.25, 0.3) is 0 Å². The Bertz CT molecular complexity index is 677. The lowest BCUT2D eigenvalue weighted by Gasteiger charge is -2.19. The third-order valence-electron chi connectivity index (χ3n) is 3.33. The van der Waals surface area contributed by atoms with Crippen molar-refractivity contribution in [1.29, 1.82) is 0 Å². The Balaban J connectivity index is 1.99. The van der Waals surface area contributed by atoms with Gasteiger partial charge in [-0.05, 0) is 33.6 Å². The van der Waals surface area contributed by atoms with Crippen molar-refractivity contribution in [2.24, 2.45) is 5.41 Å². The molecule has 122 valence electrons. The van der Waals surface area contributed by atoms with E-state index in [1.165, 1.54) is 0 Å². The van der Waals surface area contributed by atoms with Crippen LogP contribution in [-0.2, 0) is 14.3 Å². The van der Waals surface area contributed by atoms with Crippen LogP contribution in [0.5, 0.6) is 0 Å². The molecule has 0 amide bonds. The summed E-state index contributed by atoms with van der Waals surface area (Å²) in [6.07, 6.45) is 1.28. The molecule has 22 heavy (non-hydrogen) atoms. The van der Waals surface area contributed by atoms with E-state index in [2.05, 4.69) is 17.2 Å². The zero-order chi connectivity index (χ0) is 16.5. The number of halogens is 1. The molecule has 8 heteroatoms. The molecule has 1 aromatic rings. The number of aromatic nitrogens is 2. The van der Waals surface area contributed by atoms with Crippen LogP contribution in [0.25, 0.3) is 0 Å². The Kier molecular flexibility index (Phi) is 4.81. The van der Waals surface area contributed by atoms with Crippen molar-refractivity contribution in [3.63, 3.8) is 0 Å². The van der Waals surface area contributed by atoms with Gasteiger partial charge in [-0.15, -0.1) is 0 Å². The summed E-state index contributed by atoms with van der Waals surface area (Å²) in [5.41, 5.74) is -1.10. The average Bonchev–Trinajstić information content (AvgIpc) is 2.87. The lowest BCUT2D eigenvalue weighted by Crippen LogP contribution is -2.29. The number of rotatable bonds is 3. The summed E-state index contributed by atoms with van der Waals surface area (Å²) in [5, 5.41) is 0. The number of carbonyl (C=O) groups excluding carboxylic acids is 1. The summed E-state index contributed by atoms with van der Waals surface area (Å²) in [4.78, 5) is 25.8. The fourth-order valence-corrected chi connectivity index (χ4v) is 2.21. The first kappa shape index (κ1) is 16.8. The molecule has 1 saturated heterocycles. The number of H-pyrrole nitrogens is 1. The molecule has 0 saturated carbocycles. The summed E-state index contributed by atoms with van der Waals surface area (Å²) < 4.78 is 25.2. The van der Waals surface area contributed by atoms with Crippen LogP contribution in [0.1, 0.15) is 39.8 Å². The van der Waals surface area contributed by atoms with Crippen molar-refractivity contribution in [2.45, 2.75) is 45.9 Å². The highest BCUT2D eigenvalue weighted by molar-refractivity contribution is 7.71. The van der Waals surface area contributed by atoms with Crippen LogP contribution in [0.15, 0.2) is 11.0 Å². The number of esters is 1. The molecular weight excluding hydrogens is 311 g/mol. The van der Waals surface area contributed by atoms with Gasteiger partial charge >= 0.3 is 11.7 Å². The second-order valence-electron chi connectivity index (χ2n) is 6.28. The van der Waals surface area contributed by atoms with Crippen molar-refractivity contribution in [1.82, 2.24) is 9.55 Å². The summed E-state index contributed by atoms with van der Waals surface area (Å²) in [7, 11) is 0. The standard InChI is InChI=1S/C14H19FN2O4S/c1-14(2,3)12(18)20-7-8-4-5-10(21-8)17-6-9(15)11(22)16-13(17)19/h6,8,10H,4-5,7H2,1-3H3,(H,16,19,22)/t8-,10+/m1/s1. The molecule has 0 aliphatic carbocycles. The number of carbonyl (C=O) groups is 1. The van der Waals surface area contributed by atoms with Gasteiger partial charge in [0.15, 0.2) is 5.82 Å². The zero-order valence-corrected chi connectivity index (χ0v) is 13.5. The predicted molar refractivity (Wildman–Crippen MR) is 79.4 cm³/mol. The van der Waals surface area contributed by atoms with E-state index in [0.717, 1.165) is 10.8 Å². The highest BCUT2D eigenvalue weighted by Crippen LogP contribution is 2.28. The minimum atomic E-state index is -0.680. The van der Waals surface area contributed by atoms with Crippen LogP contribution in [0.4, 0.5) is 4.39 Å². The van der Waals surface area contributed by atoms with Gasteiger partial charge in [-0.3, -0.25) is 14.3 Å². The SMILES string of the molecule is CC(C)(C)C(=O)OC[C@H]1CC[C@@H](n2cc(F)c(=S)[nH]c2=O)O1. The first-order chi connectivity index (χ1) is 10.2. The van der Waals surface area contributed by atoms with Crippen molar-refractivity contribution in [3.05, 3.63) is 27.1 Å². The highest BCUT2D eigenvalue weighted by atomic mass is 32.1. The third kappa shape index (κ3) is 3.80. The highest BCUT2D eigenvalue weighted by Gasteiger charge is 2.30. The van der Waals surface area contributed by atoms with E-state index in [1.54, 1.807) is 20.8 Å². The second-order valence-corrected chi connectivity index (χ2v) is 6.69. The summed E-state index contributed by atoms with van der Waals surface area (Å²) in [5.74, 6) is -0.993. The maximum absolute atomic E-state index is 13.5. The van der Waals surface area contributed by atoms with Crippen molar-refractivity contribution in [3.8, 4) is 0 Å². The minimum Gasteiger partial charge on any atom is -0.463 e. The molecular formula is C14H19FN2O4S. The molecule has 2 rings (SSSR count). The predicted octanol–water partition coefficient (Wildman–Crippen LogP) is 2.31. The molecule has 0 radical (unpaired) electrons. The van der Waals surface area contributed by atoms with Crippen LogP contribution in [0, 0.1) is 15.9 Å². The van der Waals surface area contributed by atoms with Crippen LogP contribution < -0.4 is 5.69 Å². The van der Waals surface area contributed by atoms with Crippen LogP contribution in [0.2, 0.25) is 0 Å². The largest absolute Gasteiger partial charge is 0.463 e. The Morgan fingerprint density at radius 3 is 2.86 bits per heavy atom. The number of hydrogen-bond acceptors (Lipinski definition) is 5. The van der Waals surface area contributed by atoms with Gasteiger partial charge in [-0.1, -0.05) is 12.2 Å². The Morgan fingerprint density at radius 2 is 2.23 bits per heavy atom. The molecule has 1 aliphatic rings. The van der Waals surface area contributed by atoms with Gasteiger partial charge in [0, 0.05) is 0 Å². The van der Waals surface area contributed by atoms with Crippen LogP contribution in [-0.4, -0.2) is 28.2 Å². The quantitative estimate of drug-likeness (QED) is 0.680. The van der Waals surface area contributed by atoms with Crippen LogP contribution >= 0.6 is 12.2 Å². The third-order valence-corrected chi connectivity index (χ3v) is 3.63. The minimum absolute atomic E-state index is 0.118. The van der Waals surface area contributed by atoms with Crippen LogP contribution in [0.3, 0.4) is 0 Å². The molecule has 0 bridgehead atoms. The molecule has 1 aliphatic heterocycles. The normalized spacial score (nSPS) is 21.8. The van der Waals surface area contributed by atoms with Gasteiger partial charge in [0.1, 0.15) is 17.5 Å². The summed E-state index contributed by atoms with van der Waals surface area (Å²) in [6, 6.07) is 0. The molecule has 2 atom stereocenters. The summed E-state index contributed by atoms with van der Waals surface area (Å²) in [6.45, 7) is 5.42. The van der Waals surface area contributed by atoms with E-state index >= 15 is 0 Å². The molecule has 1 fully saturated rings. The lowest BCUT2D eigenvalue weighted by molar-refractivity contribution is -0.157. The van der Waals surface area contributed by atoms with E-state index in [9.17, 15) is 14.0 Å². The molecule has 2 heterocycles. The smallest absolute Gasteiger partial charge is 0.328 e. The Morgan fingerprint density at radius 1 is 1.55 bits per heavy atom. The van der Waals surface area contributed by atoms with Crippen molar-refractivity contribution < 1.29 is 18.7 Å². The first-order valence-corrected chi connectivity index (χ1v) is 7.43. The molecule has 0 spiro atoms. The maximum atomic E-state index is 13.5. The summed E-state index contributed by atoms with van der Waals surface area (Å²) >= 11 is 4.66. The van der Waals surface area contributed by atoms with Gasteiger partial charge in [0.05, 0.1) is 17.7 Å². The molecule has 6 nitrogen and oxygen atoms in total. The van der Waals surface area contributed by atoms with Gasteiger partial charge in [-0.2, -0.15) is 0 Å². The number of nitrogens with zero attached hydrogens (tertiary/aromatic N) is 1. The van der Waals surface area contributed by atoms with E-state index in [4.69, 9.17) is 9.47 Å². The molecule has 1 N–H and O–H groups in total. The first-order valence-electron chi connectivity index (χ1n) is 7.02. The zero-order valence-electron chi connectivity index (χ0n) is 12.7. The van der Waals surface area contributed by atoms with Gasteiger partial charge in [0.2, 0.25) is 0 Å². The van der Waals surface area contributed by atoms with E-state index in [0.29, 0.717) is 12.8 Å². The maximum Gasteiger partial charge on any atom is 0.328 e. The molecule has 1 aromatic heterocycles. The van der Waals surface area contributed by atoms with Gasteiger partial charge in [-0.25, -0.2) is 9.18 Å². The fourth-order valence-electron chi connectivity index (χ4n) is 2.07. The lowest BCUT2D eigenvalue weighted by atomic mass is 9.97. The van der Waals surface area contributed by atoms with Gasteiger partial charge < -0.3 is 9.47 Å². The number of hydrogen-bond donors (Lipinski definition) is 1. The van der Waals surface area contributed by atoms with Crippen molar-refractivity contribution >= 4 is 18.2 Å². The van der Waals surface area contributed by atoms with E-state index < -0.39 is 23.1 Å². The molecule has 0 unspecified atom stereocenters. The number of nitrogens with one attached hydrogen (secondary N) is 1.